The van der Waals surface area contributed by atoms with Crippen molar-refractivity contribution in [2.75, 3.05) is 0 Å². The lowest BCUT2D eigenvalue weighted by Crippen LogP contribution is -2.55. The molecule has 1 aliphatic rings. The number of rotatable bonds is 2. The monoisotopic (exact) mass is 201 g/mol. The van der Waals surface area contributed by atoms with Crippen molar-refractivity contribution in [3.8, 4) is 0 Å². The molecule has 3 N–H and O–H groups in total. The summed E-state index contributed by atoms with van der Waals surface area (Å²) in [4.78, 5) is 10.7. The molecule has 82 valence electrons. The fraction of sp³-hybridized carbons (Fsp3) is 0.900. The molecule has 0 aromatic carbocycles. The van der Waals surface area contributed by atoms with Crippen LogP contribution in [0.4, 0.5) is 0 Å². The van der Waals surface area contributed by atoms with E-state index in [4.69, 9.17) is 15.6 Å². The van der Waals surface area contributed by atoms with Gasteiger partial charge in [-0.1, -0.05) is 0 Å². The van der Waals surface area contributed by atoms with Crippen LogP contribution in [0.25, 0.3) is 0 Å². The van der Waals surface area contributed by atoms with Crippen LogP contribution in [0.2, 0.25) is 0 Å². The Kier molecular flexibility index (Phi) is 2.41. The average Bonchev–Trinajstić information content (AvgIpc) is 1.91. The fourth-order valence-corrected chi connectivity index (χ4v) is 2.35. The van der Waals surface area contributed by atoms with Crippen LogP contribution in [0.3, 0.4) is 0 Å². The van der Waals surface area contributed by atoms with Crippen LogP contribution in [0.15, 0.2) is 0 Å². The van der Waals surface area contributed by atoms with Gasteiger partial charge in [-0.05, 0) is 34.1 Å². The Morgan fingerprint density at radius 3 is 2.21 bits per heavy atom. The van der Waals surface area contributed by atoms with Gasteiger partial charge in [0.15, 0.2) is 0 Å². The molecular weight excluding hydrogens is 182 g/mol. The molecule has 1 aliphatic heterocycles. The van der Waals surface area contributed by atoms with Gasteiger partial charge in [-0.3, -0.25) is 4.79 Å². The van der Waals surface area contributed by atoms with Gasteiger partial charge in [0.05, 0.1) is 23.2 Å². The highest BCUT2D eigenvalue weighted by atomic mass is 16.5. The number of hydrogen-bond donors (Lipinski definition) is 2. The summed E-state index contributed by atoms with van der Waals surface area (Å²) in [6.07, 6.45) is 0.517. The van der Waals surface area contributed by atoms with Gasteiger partial charge >= 0.3 is 5.97 Å². The quantitative estimate of drug-likeness (QED) is 0.702. The zero-order chi connectivity index (χ0) is 11.2. The van der Waals surface area contributed by atoms with E-state index in [2.05, 4.69) is 0 Å². The molecule has 4 nitrogen and oxygen atoms in total. The van der Waals surface area contributed by atoms with E-state index in [-0.39, 0.29) is 12.0 Å². The highest BCUT2D eigenvalue weighted by Gasteiger charge is 2.55. The van der Waals surface area contributed by atoms with Crippen molar-refractivity contribution in [2.24, 2.45) is 5.73 Å². The highest BCUT2D eigenvalue weighted by molar-refractivity contribution is 5.69. The Hall–Kier alpha value is -0.610. The third-order valence-corrected chi connectivity index (χ3v) is 2.94. The number of ether oxygens (including phenoxy) is 1. The van der Waals surface area contributed by atoms with Crippen LogP contribution >= 0.6 is 0 Å². The average molecular weight is 201 g/mol. The van der Waals surface area contributed by atoms with Crippen LogP contribution in [-0.4, -0.2) is 27.8 Å². The second-order valence-corrected chi connectivity index (χ2v) is 5.28. The lowest BCUT2D eigenvalue weighted by Gasteiger charge is -2.35. The van der Waals surface area contributed by atoms with E-state index in [1.165, 1.54) is 0 Å². The Morgan fingerprint density at radius 2 is 1.93 bits per heavy atom. The van der Waals surface area contributed by atoms with Crippen molar-refractivity contribution >= 4 is 5.97 Å². The molecule has 1 rings (SSSR count). The van der Waals surface area contributed by atoms with Crippen LogP contribution in [-0.2, 0) is 9.53 Å². The lowest BCUT2D eigenvalue weighted by molar-refractivity contribution is -0.140. The van der Waals surface area contributed by atoms with Crippen LogP contribution in [0.1, 0.15) is 40.5 Å². The minimum Gasteiger partial charge on any atom is -0.481 e. The molecule has 4 heteroatoms. The van der Waals surface area contributed by atoms with Crippen molar-refractivity contribution in [1.82, 2.24) is 0 Å². The standard InChI is InChI=1S/C10H19NO3/c1-8(2)6-10(11,5-7(12)13)9(3,4)14-8/h5-6,11H2,1-4H3,(H,12,13). The summed E-state index contributed by atoms with van der Waals surface area (Å²) in [5.41, 5.74) is 4.40. The molecule has 1 fully saturated rings. The summed E-state index contributed by atoms with van der Waals surface area (Å²) in [5.74, 6) is -0.873. The van der Waals surface area contributed by atoms with Crippen LogP contribution < -0.4 is 5.73 Å². The number of carbonyl (C=O) groups is 1. The van der Waals surface area contributed by atoms with E-state index in [9.17, 15) is 4.79 Å². The van der Waals surface area contributed by atoms with Crippen LogP contribution in [0, 0.1) is 0 Å². The first-order valence-electron chi connectivity index (χ1n) is 4.79. The predicted molar refractivity (Wildman–Crippen MR) is 53.0 cm³/mol. The van der Waals surface area contributed by atoms with E-state index in [1.807, 2.05) is 27.7 Å². The smallest absolute Gasteiger partial charge is 0.305 e. The Bertz CT molecular complexity index is 260. The Labute approximate surface area is 84.4 Å². The zero-order valence-electron chi connectivity index (χ0n) is 9.26. The molecule has 0 aliphatic carbocycles. The SMILES string of the molecule is CC1(C)CC(N)(CC(=O)O)C(C)(C)O1. The molecule has 0 aromatic rings. The van der Waals surface area contributed by atoms with Gasteiger partial charge in [0.2, 0.25) is 0 Å². The molecule has 0 saturated carbocycles. The normalized spacial score (nSPS) is 34.4. The topological polar surface area (TPSA) is 72.6 Å². The molecule has 0 spiro atoms. The molecule has 1 heterocycles. The minimum absolute atomic E-state index is 0.0522. The van der Waals surface area contributed by atoms with Crippen molar-refractivity contribution in [2.45, 2.75) is 57.3 Å². The molecule has 0 bridgehead atoms. The first kappa shape index (κ1) is 11.5. The predicted octanol–water partition coefficient (Wildman–Crippen LogP) is 1.14. The van der Waals surface area contributed by atoms with Gasteiger partial charge < -0.3 is 15.6 Å². The van der Waals surface area contributed by atoms with Crippen molar-refractivity contribution in [3.05, 3.63) is 0 Å². The number of hydrogen-bond acceptors (Lipinski definition) is 3. The molecule has 0 aromatic heterocycles. The zero-order valence-corrected chi connectivity index (χ0v) is 9.26. The van der Waals surface area contributed by atoms with Gasteiger partial charge in [-0.15, -0.1) is 0 Å². The second-order valence-electron chi connectivity index (χ2n) is 5.28. The minimum atomic E-state index is -0.873. The van der Waals surface area contributed by atoms with Crippen molar-refractivity contribution < 1.29 is 14.6 Å². The van der Waals surface area contributed by atoms with E-state index in [0.717, 1.165) is 0 Å². The maximum Gasteiger partial charge on any atom is 0.305 e. The first-order valence-corrected chi connectivity index (χ1v) is 4.79. The number of carboxylic acid groups (broad SMARTS) is 1. The molecule has 14 heavy (non-hydrogen) atoms. The summed E-state index contributed by atoms with van der Waals surface area (Å²) in [5, 5.41) is 8.81. The summed E-state index contributed by atoms with van der Waals surface area (Å²) >= 11 is 0. The summed E-state index contributed by atoms with van der Waals surface area (Å²) in [6.45, 7) is 7.58. The summed E-state index contributed by atoms with van der Waals surface area (Å²) in [6, 6.07) is 0. The third kappa shape index (κ3) is 1.91. The van der Waals surface area contributed by atoms with Gasteiger partial charge in [0.25, 0.3) is 0 Å². The first-order chi connectivity index (χ1) is 6.08. The largest absolute Gasteiger partial charge is 0.481 e. The fourth-order valence-electron chi connectivity index (χ4n) is 2.35. The van der Waals surface area contributed by atoms with Gasteiger partial charge in [-0.25, -0.2) is 0 Å². The Balaban J connectivity index is 2.93. The molecule has 1 saturated heterocycles. The molecule has 1 unspecified atom stereocenters. The molecular formula is C10H19NO3. The van der Waals surface area contributed by atoms with Gasteiger partial charge in [-0.2, -0.15) is 0 Å². The Morgan fingerprint density at radius 1 is 1.43 bits per heavy atom. The lowest BCUT2D eigenvalue weighted by atomic mass is 9.77. The van der Waals surface area contributed by atoms with E-state index < -0.39 is 17.1 Å². The van der Waals surface area contributed by atoms with E-state index in [0.29, 0.717) is 6.42 Å². The number of nitrogens with two attached hydrogens (primary N) is 1. The van der Waals surface area contributed by atoms with Crippen molar-refractivity contribution in [3.63, 3.8) is 0 Å². The number of carboxylic acids is 1. The van der Waals surface area contributed by atoms with Crippen molar-refractivity contribution in [1.29, 1.82) is 0 Å². The van der Waals surface area contributed by atoms with E-state index >= 15 is 0 Å². The molecule has 1 atom stereocenters. The summed E-state index contributed by atoms with van der Waals surface area (Å²) < 4.78 is 5.76. The van der Waals surface area contributed by atoms with Gasteiger partial charge in [0, 0.05) is 0 Å². The molecule has 0 amide bonds. The number of aliphatic carboxylic acids is 1. The van der Waals surface area contributed by atoms with Crippen LogP contribution in [0.5, 0.6) is 0 Å². The maximum absolute atomic E-state index is 10.7. The summed E-state index contributed by atoms with van der Waals surface area (Å²) in [7, 11) is 0. The third-order valence-electron chi connectivity index (χ3n) is 2.94. The van der Waals surface area contributed by atoms with E-state index in [1.54, 1.807) is 0 Å². The van der Waals surface area contributed by atoms with Gasteiger partial charge in [0.1, 0.15) is 0 Å². The molecule has 0 radical (unpaired) electrons. The second kappa shape index (κ2) is 2.94. The maximum atomic E-state index is 10.7. The highest BCUT2D eigenvalue weighted by Crippen LogP contribution is 2.45.